The number of halogens is 1. The highest BCUT2D eigenvalue weighted by Crippen LogP contribution is 2.35. The fourth-order valence-corrected chi connectivity index (χ4v) is 4.69. The molecule has 1 amide bonds. The molecule has 4 rings (SSSR count). The predicted molar refractivity (Wildman–Crippen MR) is 123 cm³/mol. The van der Waals surface area contributed by atoms with Gasteiger partial charge in [-0.1, -0.05) is 60.5 Å². The Morgan fingerprint density at radius 2 is 2.06 bits per heavy atom. The van der Waals surface area contributed by atoms with Crippen molar-refractivity contribution in [2.45, 2.75) is 44.1 Å². The average Bonchev–Trinajstić information content (AvgIpc) is 3.10. The zero-order valence-electron chi connectivity index (χ0n) is 17.7. The lowest BCUT2D eigenvalue weighted by Crippen LogP contribution is -2.32. The number of hydrogen-bond acceptors (Lipinski definition) is 3. The quantitative estimate of drug-likeness (QED) is 0.497. The number of rotatable bonds is 7. The molecule has 0 spiro atoms. The molecular weight excluding hydrogens is 410 g/mol. The minimum Gasteiger partial charge on any atom is -0.382 e. The number of H-pyrrole nitrogens is 1. The number of nitrogens with one attached hydrogen (secondary N) is 2. The van der Waals surface area contributed by atoms with Crippen LogP contribution in [0.5, 0.6) is 0 Å². The third kappa shape index (κ3) is 5.17. The van der Waals surface area contributed by atoms with Crippen molar-refractivity contribution in [3.8, 4) is 0 Å². The van der Waals surface area contributed by atoms with Gasteiger partial charge >= 0.3 is 0 Å². The fourth-order valence-electron chi connectivity index (χ4n) is 4.48. The lowest BCUT2D eigenvalue weighted by atomic mass is 9.88. The number of benzene rings is 2. The zero-order chi connectivity index (χ0) is 21.6. The van der Waals surface area contributed by atoms with Gasteiger partial charge < -0.3 is 10.1 Å². The molecule has 0 saturated carbocycles. The number of amides is 1. The number of ether oxygens (including phenoxy) is 1. The molecule has 0 fully saturated rings. The second kappa shape index (κ2) is 10.1. The third-order valence-electron chi connectivity index (χ3n) is 5.95. The molecule has 2 aromatic carbocycles. The molecule has 1 aliphatic carbocycles. The van der Waals surface area contributed by atoms with Gasteiger partial charge in [0.15, 0.2) is 5.69 Å². The molecular formula is C25H28ClN3O2. The van der Waals surface area contributed by atoms with Crippen LogP contribution >= 0.6 is 11.6 Å². The Balaban J connectivity index is 1.60. The first-order chi connectivity index (χ1) is 15.2. The minimum atomic E-state index is -0.233. The third-order valence-corrected chi connectivity index (χ3v) is 6.18. The molecule has 3 aromatic rings. The van der Waals surface area contributed by atoms with E-state index in [0.29, 0.717) is 12.3 Å². The second-order valence-electron chi connectivity index (χ2n) is 8.13. The maximum absolute atomic E-state index is 13.3. The molecule has 0 radical (unpaired) electrons. The number of aromatic amines is 1. The van der Waals surface area contributed by atoms with E-state index in [1.165, 1.54) is 5.56 Å². The highest BCUT2D eigenvalue weighted by Gasteiger charge is 2.29. The van der Waals surface area contributed by atoms with Crippen molar-refractivity contribution < 1.29 is 9.53 Å². The van der Waals surface area contributed by atoms with E-state index in [1.807, 2.05) is 48.5 Å². The Labute approximate surface area is 188 Å². The summed E-state index contributed by atoms with van der Waals surface area (Å²) in [5.74, 6) is 0.0643. The molecule has 162 valence electrons. The Morgan fingerprint density at radius 1 is 1.23 bits per heavy atom. The molecule has 6 heteroatoms. The first-order valence-corrected chi connectivity index (χ1v) is 11.2. The zero-order valence-corrected chi connectivity index (χ0v) is 18.5. The summed E-state index contributed by atoms with van der Waals surface area (Å²) in [4.78, 5) is 13.3. The number of hydrogen-bond donors (Lipinski definition) is 2. The van der Waals surface area contributed by atoms with Gasteiger partial charge in [-0.3, -0.25) is 9.89 Å². The molecule has 5 nitrogen and oxygen atoms in total. The molecule has 0 aliphatic heterocycles. The molecule has 0 saturated heterocycles. The van der Waals surface area contributed by atoms with E-state index in [-0.39, 0.29) is 17.9 Å². The standard InChI is InChI=1S/C25H28ClN3O2/c1-31-16-22(18-9-3-2-4-10-18)27-25(30)24-23-19(11-5-6-13-21(23)28-29-24)14-17-8-7-12-20(26)15-17/h2-4,7-10,12,15,19,22H,5-6,11,13-14,16H2,1H3,(H,27,30)(H,28,29)/t19-,22+/m1/s1. The Bertz CT molecular complexity index is 1020. The first kappa shape index (κ1) is 21.6. The molecule has 2 atom stereocenters. The van der Waals surface area contributed by atoms with E-state index < -0.39 is 0 Å². The average molecular weight is 438 g/mol. The van der Waals surface area contributed by atoms with Crippen molar-refractivity contribution in [2.75, 3.05) is 13.7 Å². The summed E-state index contributed by atoms with van der Waals surface area (Å²) in [6.45, 7) is 0.397. The maximum Gasteiger partial charge on any atom is 0.272 e. The van der Waals surface area contributed by atoms with Crippen LogP contribution in [0.3, 0.4) is 0 Å². The first-order valence-electron chi connectivity index (χ1n) is 10.8. The normalized spacial score (nSPS) is 16.9. The van der Waals surface area contributed by atoms with Crippen molar-refractivity contribution in [3.05, 3.63) is 87.7 Å². The van der Waals surface area contributed by atoms with E-state index >= 15 is 0 Å². The van der Waals surface area contributed by atoms with E-state index in [2.05, 4.69) is 21.6 Å². The molecule has 0 unspecified atom stereocenters. The summed E-state index contributed by atoms with van der Waals surface area (Å²) in [5, 5.41) is 11.5. The number of nitrogens with zero attached hydrogens (tertiary/aromatic N) is 1. The van der Waals surface area contributed by atoms with Crippen LogP contribution in [0.15, 0.2) is 54.6 Å². The summed E-state index contributed by atoms with van der Waals surface area (Å²) in [6, 6.07) is 17.6. The monoisotopic (exact) mass is 437 g/mol. The molecule has 1 aliphatic rings. The van der Waals surface area contributed by atoms with Crippen LogP contribution in [0.1, 0.15) is 64.1 Å². The topological polar surface area (TPSA) is 67.0 Å². The van der Waals surface area contributed by atoms with Crippen molar-refractivity contribution in [1.29, 1.82) is 0 Å². The van der Waals surface area contributed by atoms with E-state index in [4.69, 9.17) is 16.3 Å². The molecule has 31 heavy (non-hydrogen) atoms. The summed E-state index contributed by atoms with van der Waals surface area (Å²) in [7, 11) is 1.64. The van der Waals surface area contributed by atoms with Gasteiger partial charge in [0.1, 0.15) is 0 Å². The summed E-state index contributed by atoms with van der Waals surface area (Å²) in [6.07, 6.45) is 5.01. The van der Waals surface area contributed by atoms with Crippen LogP contribution in [0.4, 0.5) is 0 Å². The van der Waals surface area contributed by atoms with E-state index in [0.717, 1.165) is 53.9 Å². The Hall–Kier alpha value is -2.63. The summed E-state index contributed by atoms with van der Waals surface area (Å²) < 4.78 is 5.37. The van der Waals surface area contributed by atoms with Crippen LogP contribution < -0.4 is 5.32 Å². The van der Waals surface area contributed by atoms with Crippen LogP contribution in [-0.4, -0.2) is 29.8 Å². The molecule has 0 bridgehead atoms. The molecule has 1 aromatic heterocycles. The number of aryl methyl sites for hydroxylation is 1. The van der Waals surface area contributed by atoms with Crippen molar-refractivity contribution in [3.63, 3.8) is 0 Å². The van der Waals surface area contributed by atoms with Crippen LogP contribution in [0.2, 0.25) is 5.02 Å². The van der Waals surface area contributed by atoms with E-state index in [1.54, 1.807) is 7.11 Å². The second-order valence-corrected chi connectivity index (χ2v) is 8.57. The number of carbonyl (C=O) groups is 1. The lowest BCUT2D eigenvalue weighted by molar-refractivity contribution is 0.0890. The highest BCUT2D eigenvalue weighted by atomic mass is 35.5. The molecule has 1 heterocycles. The van der Waals surface area contributed by atoms with Gasteiger partial charge in [0.2, 0.25) is 0 Å². The van der Waals surface area contributed by atoms with Crippen LogP contribution in [0.25, 0.3) is 0 Å². The highest BCUT2D eigenvalue weighted by molar-refractivity contribution is 6.30. The summed E-state index contributed by atoms with van der Waals surface area (Å²) in [5.41, 5.74) is 4.83. The lowest BCUT2D eigenvalue weighted by Gasteiger charge is -2.20. The maximum atomic E-state index is 13.3. The van der Waals surface area contributed by atoms with Crippen molar-refractivity contribution >= 4 is 17.5 Å². The SMILES string of the molecule is COC[C@H](NC(=O)c1n[nH]c2c1[C@@H](Cc1cccc(Cl)c1)CCCC2)c1ccccc1. The smallest absolute Gasteiger partial charge is 0.272 e. The largest absolute Gasteiger partial charge is 0.382 e. The van der Waals surface area contributed by atoms with Crippen molar-refractivity contribution in [1.82, 2.24) is 15.5 Å². The van der Waals surface area contributed by atoms with Crippen molar-refractivity contribution in [2.24, 2.45) is 0 Å². The minimum absolute atomic E-state index is 0.165. The Morgan fingerprint density at radius 3 is 2.84 bits per heavy atom. The van der Waals surface area contributed by atoms with Crippen LogP contribution in [0, 0.1) is 0 Å². The van der Waals surface area contributed by atoms with Gasteiger partial charge in [-0.15, -0.1) is 0 Å². The summed E-state index contributed by atoms with van der Waals surface area (Å²) >= 11 is 6.21. The number of aromatic nitrogens is 2. The fraction of sp³-hybridized carbons (Fsp3) is 0.360. The van der Waals surface area contributed by atoms with E-state index in [9.17, 15) is 4.79 Å². The predicted octanol–water partition coefficient (Wildman–Crippen LogP) is 5.23. The van der Waals surface area contributed by atoms with Gasteiger partial charge in [-0.2, -0.15) is 5.10 Å². The van der Waals surface area contributed by atoms with Gasteiger partial charge in [0.05, 0.1) is 12.6 Å². The number of methoxy groups -OCH3 is 1. The van der Waals surface area contributed by atoms with Gasteiger partial charge in [-0.05, 0) is 54.9 Å². The van der Waals surface area contributed by atoms with Gasteiger partial charge in [-0.25, -0.2) is 0 Å². The molecule has 2 N–H and O–H groups in total. The van der Waals surface area contributed by atoms with Gasteiger partial charge in [0.25, 0.3) is 5.91 Å². The Kier molecular flexibility index (Phi) is 7.05. The number of fused-ring (bicyclic) bond motifs is 1. The van der Waals surface area contributed by atoms with Crippen LogP contribution in [-0.2, 0) is 17.6 Å². The number of carbonyl (C=O) groups excluding carboxylic acids is 1. The van der Waals surface area contributed by atoms with Gasteiger partial charge in [0, 0.05) is 23.4 Å².